The van der Waals surface area contributed by atoms with Crippen molar-refractivity contribution >= 4 is 0 Å². The third-order valence-electron chi connectivity index (χ3n) is 4.38. The van der Waals surface area contributed by atoms with Gasteiger partial charge in [-0.3, -0.25) is 4.90 Å². The standard InChI is InChI=1S/C22H28FNO/c1-4-5-6-22(25)16-24(14-19-8-11-21(23)12-9-19)15-20-10-7-17(2)13-18(20)3/h4,7-13,22,25H,1,5-6,14-16H2,2-3H3/t22-/m0/s1. The molecule has 0 radical (unpaired) electrons. The van der Waals surface area contributed by atoms with E-state index in [9.17, 15) is 9.50 Å². The quantitative estimate of drug-likeness (QED) is 0.664. The molecule has 0 aromatic heterocycles. The first-order valence-electron chi connectivity index (χ1n) is 8.80. The van der Waals surface area contributed by atoms with Crippen LogP contribution < -0.4 is 0 Å². The summed E-state index contributed by atoms with van der Waals surface area (Å²) in [6, 6.07) is 13.0. The number of aliphatic hydroxyl groups excluding tert-OH is 1. The minimum Gasteiger partial charge on any atom is -0.392 e. The van der Waals surface area contributed by atoms with Gasteiger partial charge in [0, 0.05) is 19.6 Å². The maximum absolute atomic E-state index is 13.1. The van der Waals surface area contributed by atoms with E-state index in [1.807, 2.05) is 6.08 Å². The molecule has 0 aliphatic heterocycles. The van der Waals surface area contributed by atoms with Crippen molar-refractivity contribution < 1.29 is 9.50 Å². The predicted octanol–water partition coefficient (Wildman–Crippen LogP) is 4.77. The average molecular weight is 341 g/mol. The Kier molecular flexibility index (Phi) is 7.35. The van der Waals surface area contributed by atoms with Crippen molar-refractivity contribution in [3.05, 3.63) is 83.2 Å². The molecule has 3 heteroatoms. The summed E-state index contributed by atoms with van der Waals surface area (Å²) in [6.07, 6.45) is 2.94. The van der Waals surface area contributed by atoms with Gasteiger partial charge in [0.25, 0.3) is 0 Å². The highest BCUT2D eigenvalue weighted by Crippen LogP contribution is 2.16. The number of rotatable bonds is 9. The Morgan fingerprint density at radius 2 is 1.84 bits per heavy atom. The normalized spacial score (nSPS) is 12.4. The van der Waals surface area contributed by atoms with E-state index >= 15 is 0 Å². The third kappa shape index (κ3) is 6.45. The maximum Gasteiger partial charge on any atom is 0.123 e. The first-order chi connectivity index (χ1) is 12.0. The van der Waals surface area contributed by atoms with E-state index in [0.29, 0.717) is 19.5 Å². The molecule has 2 aromatic rings. The molecule has 1 N–H and O–H groups in total. The zero-order valence-electron chi connectivity index (χ0n) is 15.2. The lowest BCUT2D eigenvalue weighted by Crippen LogP contribution is -2.32. The molecule has 0 saturated heterocycles. The summed E-state index contributed by atoms with van der Waals surface area (Å²) in [5.74, 6) is -0.226. The highest BCUT2D eigenvalue weighted by Gasteiger charge is 2.14. The molecule has 0 spiro atoms. The van der Waals surface area contributed by atoms with Gasteiger partial charge in [0.15, 0.2) is 0 Å². The molecule has 25 heavy (non-hydrogen) atoms. The second-order valence-corrected chi connectivity index (χ2v) is 6.75. The molecule has 2 aromatic carbocycles. The number of hydrogen-bond acceptors (Lipinski definition) is 2. The number of aliphatic hydroxyl groups is 1. The lowest BCUT2D eigenvalue weighted by Gasteiger charge is -2.26. The molecular weight excluding hydrogens is 313 g/mol. The van der Waals surface area contributed by atoms with Crippen LogP contribution in [0.3, 0.4) is 0 Å². The number of halogens is 1. The van der Waals surface area contributed by atoms with Crippen LogP contribution in [0.5, 0.6) is 0 Å². The summed E-state index contributed by atoms with van der Waals surface area (Å²) in [7, 11) is 0. The predicted molar refractivity (Wildman–Crippen MR) is 102 cm³/mol. The fourth-order valence-corrected chi connectivity index (χ4v) is 3.00. The second kappa shape index (κ2) is 9.50. The molecule has 0 unspecified atom stereocenters. The SMILES string of the molecule is C=CCC[C@H](O)CN(Cc1ccc(F)cc1)Cc1ccc(C)cc1C. The summed E-state index contributed by atoms with van der Waals surface area (Å²) in [5, 5.41) is 10.3. The van der Waals surface area contributed by atoms with E-state index in [-0.39, 0.29) is 5.82 Å². The summed E-state index contributed by atoms with van der Waals surface area (Å²) < 4.78 is 13.1. The van der Waals surface area contributed by atoms with E-state index in [1.165, 1.54) is 28.8 Å². The van der Waals surface area contributed by atoms with Gasteiger partial charge in [0.1, 0.15) is 5.82 Å². The molecule has 0 bridgehead atoms. The topological polar surface area (TPSA) is 23.5 Å². The smallest absolute Gasteiger partial charge is 0.123 e. The average Bonchev–Trinajstić information content (AvgIpc) is 2.57. The van der Waals surface area contributed by atoms with Crippen LogP contribution in [0.4, 0.5) is 4.39 Å². The molecule has 134 valence electrons. The monoisotopic (exact) mass is 341 g/mol. The van der Waals surface area contributed by atoms with Crippen molar-refractivity contribution in [3.63, 3.8) is 0 Å². The minimum atomic E-state index is -0.399. The maximum atomic E-state index is 13.1. The Morgan fingerprint density at radius 3 is 2.48 bits per heavy atom. The van der Waals surface area contributed by atoms with Gasteiger partial charge in [-0.2, -0.15) is 0 Å². The van der Waals surface area contributed by atoms with Crippen molar-refractivity contribution in [2.75, 3.05) is 6.54 Å². The summed E-state index contributed by atoms with van der Waals surface area (Å²) >= 11 is 0. The summed E-state index contributed by atoms with van der Waals surface area (Å²) in [6.45, 7) is 9.94. The summed E-state index contributed by atoms with van der Waals surface area (Å²) in [4.78, 5) is 2.22. The molecule has 0 fully saturated rings. The van der Waals surface area contributed by atoms with Gasteiger partial charge >= 0.3 is 0 Å². The second-order valence-electron chi connectivity index (χ2n) is 6.75. The number of nitrogens with zero attached hydrogens (tertiary/aromatic N) is 1. The van der Waals surface area contributed by atoms with E-state index in [1.54, 1.807) is 12.1 Å². The van der Waals surface area contributed by atoms with Crippen LogP contribution in [-0.2, 0) is 13.1 Å². The lowest BCUT2D eigenvalue weighted by atomic mass is 10.0. The molecule has 0 aliphatic carbocycles. The fraction of sp³-hybridized carbons (Fsp3) is 0.364. The molecule has 2 nitrogen and oxygen atoms in total. The zero-order valence-corrected chi connectivity index (χ0v) is 15.2. The van der Waals surface area contributed by atoms with Crippen molar-refractivity contribution in [2.45, 2.75) is 45.9 Å². The van der Waals surface area contributed by atoms with Gasteiger partial charge in [-0.05, 0) is 55.5 Å². The van der Waals surface area contributed by atoms with E-state index in [0.717, 1.165) is 18.5 Å². The van der Waals surface area contributed by atoms with Crippen molar-refractivity contribution in [3.8, 4) is 0 Å². The zero-order chi connectivity index (χ0) is 18.2. The van der Waals surface area contributed by atoms with Gasteiger partial charge in [0.2, 0.25) is 0 Å². The Balaban J connectivity index is 2.12. The van der Waals surface area contributed by atoms with Crippen molar-refractivity contribution in [1.29, 1.82) is 0 Å². The van der Waals surface area contributed by atoms with Crippen LogP contribution in [0, 0.1) is 19.7 Å². The Bertz CT molecular complexity index is 681. The van der Waals surface area contributed by atoms with Crippen LogP contribution in [0.2, 0.25) is 0 Å². The number of hydrogen-bond donors (Lipinski definition) is 1. The summed E-state index contributed by atoms with van der Waals surface area (Å²) in [5.41, 5.74) is 4.80. The largest absolute Gasteiger partial charge is 0.392 e. The van der Waals surface area contributed by atoms with E-state index < -0.39 is 6.10 Å². The van der Waals surface area contributed by atoms with Gasteiger partial charge in [-0.15, -0.1) is 6.58 Å². The Morgan fingerprint density at radius 1 is 1.12 bits per heavy atom. The molecule has 0 saturated carbocycles. The molecular formula is C22H28FNO. The highest BCUT2D eigenvalue weighted by atomic mass is 19.1. The highest BCUT2D eigenvalue weighted by molar-refractivity contribution is 5.30. The van der Waals surface area contributed by atoms with Crippen LogP contribution in [0.1, 0.15) is 35.1 Å². The minimum absolute atomic E-state index is 0.226. The number of allylic oxidation sites excluding steroid dienone is 1. The Hall–Kier alpha value is -1.97. The molecule has 1 atom stereocenters. The van der Waals surface area contributed by atoms with E-state index in [4.69, 9.17) is 0 Å². The first kappa shape index (κ1) is 19.4. The number of aryl methyl sites for hydroxylation is 2. The number of benzene rings is 2. The van der Waals surface area contributed by atoms with Gasteiger partial charge < -0.3 is 5.11 Å². The molecule has 0 aliphatic rings. The molecule has 0 amide bonds. The third-order valence-corrected chi connectivity index (χ3v) is 4.38. The van der Waals surface area contributed by atoms with Gasteiger partial charge in [-0.25, -0.2) is 4.39 Å². The van der Waals surface area contributed by atoms with Crippen molar-refractivity contribution in [2.24, 2.45) is 0 Å². The Labute approximate surface area is 150 Å². The van der Waals surface area contributed by atoms with Crippen molar-refractivity contribution in [1.82, 2.24) is 4.90 Å². The molecule has 2 rings (SSSR count). The van der Waals surface area contributed by atoms with Crippen LogP contribution >= 0.6 is 0 Å². The van der Waals surface area contributed by atoms with E-state index in [2.05, 4.69) is 43.5 Å². The first-order valence-corrected chi connectivity index (χ1v) is 8.80. The fourth-order valence-electron chi connectivity index (χ4n) is 3.00. The molecule has 0 heterocycles. The van der Waals surface area contributed by atoms with Crippen LogP contribution in [-0.4, -0.2) is 22.7 Å². The van der Waals surface area contributed by atoms with Gasteiger partial charge in [0.05, 0.1) is 6.10 Å². The van der Waals surface area contributed by atoms with Crippen LogP contribution in [0.15, 0.2) is 55.1 Å². The van der Waals surface area contributed by atoms with Crippen LogP contribution in [0.25, 0.3) is 0 Å². The lowest BCUT2D eigenvalue weighted by molar-refractivity contribution is 0.0983. The van der Waals surface area contributed by atoms with Gasteiger partial charge in [-0.1, -0.05) is 42.0 Å².